The first-order valence-electron chi connectivity index (χ1n) is 9.26. The van der Waals surface area contributed by atoms with Crippen LogP contribution in [0.25, 0.3) is 21.5 Å². The molecule has 2 N–H and O–H groups in total. The molecule has 0 aliphatic rings. The molecule has 0 atom stereocenters. The minimum atomic E-state index is 0.220. The van der Waals surface area contributed by atoms with E-state index in [0.717, 1.165) is 21.5 Å². The number of fused-ring (bicyclic) bond motifs is 2. The Morgan fingerprint density at radius 1 is 0.533 bits per heavy atom. The molecule has 0 radical (unpaired) electrons. The molecule has 146 valence electrons. The number of hydrogen-bond donors (Lipinski definition) is 2. The topological polar surface area (TPSA) is 84.7 Å². The van der Waals surface area contributed by atoms with Crippen LogP contribution < -0.4 is 9.47 Å². The SMILES string of the molecule is Oc1ccc2cc(Oc3cncc(Oc4ccc5cc(O)ccc5c4)n3)ccc2c1. The van der Waals surface area contributed by atoms with Crippen molar-refractivity contribution in [2.24, 2.45) is 0 Å². The lowest BCUT2D eigenvalue weighted by Crippen LogP contribution is -1.93. The fourth-order valence-corrected chi connectivity index (χ4v) is 3.22. The number of benzene rings is 4. The van der Waals surface area contributed by atoms with Gasteiger partial charge in [-0.2, -0.15) is 4.98 Å². The third-order valence-electron chi connectivity index (χ3n) is 4.63. The lowest BCUT2D eigenvalue weighted by Gasteiger charge is -2.09. The molecule has 0 bridgehead atoms. The first kappa shape index (κ1) is 17.8. The van der Waals surface area contributed by atoms with Gasteiger partial charge in [0, 0.05) is 0 Å². The van der Waals surface area contributed by atoms with Gasteiger partial charge >= 0.3 is 0 Å². The third-order valence-corrected chi connectivity index (χ3v) is 4.63. The van der Waals surface area contributed by atoms with E-state index in [4.69, 9.17) is 9.47 Å². The van der Waals surface area contributed by atoms with Crippen LogP contribution in [0.2, 0.25) is 0 Å². The molecule has 30 heavy (non-hydrogen) atoms. The summed E-state index contributed by atoms with van der Waals surface area (Å²) in [6.07, 6.45) is 3.02. The van der Waals surface area contributed by atoms with Gasteiger partial charge in [0.25, 0.3) is 0 Å². The standard InChI is InChI=1S/C24H16N2O4/c27-19-5-1-17-11-21(7-3-15(17)9-19)29-23-13-25-14-24(26-23)30-22-8-4-16-10-20(28)6-2-18(16)12-22/h1-14,27-28H. The highest BCUT2D eigenvalue weighted by Gasteiger charge is 2.06. The number of phenols is 2. The average molecular weight is 396 g/mol. The van der Waals surface area contributed by atoms with E-state index in [1.807, 2.05) is 36.4 Å². The number of rotatable bonds is 4. The predicted molar refractivity (Wildman–Crippen MR) is 113 cm³/mol. The van der Waals surface area contributed by atoms with Crippen LogP contribution in [0.3, 0.4) is 0 Å². The lowest BCUT2D eigenvalue weighted by atomic mass is 10.1. The molecule has 0 aliphatic heterocycles. The van der Waals surface area contributed by atoms with Crippen LogP contribution in [0, 0.1) is 0 Å². The number of aromatic hydroxyl groups is 2. The summed E-state index contributed by atoms with van der Waals surface area (Å²) in [5, 5.41) is 22.9. The van der Waals surface area contributed by atoms with Crippen molar-refractivity contribution in [3.63, 3.8) is 0 Å². The molecule has 4 aromatic carbocycles. The Bertz CT molecular complexity index is 1280. The van der Waals surface area contributed by atoms with Crippen molar-refractivity contribution < 1.29 is 19.7 Å². The largest absolute Gasteiger partial charge is 0.508 e. The van der Waals surface area contributed by atoms with E-state index >= 15 is 0 Å². The van der Waals surface area contributed by atoms with Gasteiger partial charge in [-0.1, -0.05) is 24.3 Å². The normalized spacial score (nSPS) is 10.9. The molecule has 0 aliphatic carbocycles. The Balaban J connectivity index is 1.37. The summed E-state index contributed by atoms with van der Waals surface area (Å²) in [6, 6.07) is 21.4. The Kier molecular flexibility index (Phi) is 4.29. The van der Waals surface area contributed by atoms with Crippen molar-refractivity contribution in [1.82, 2.24) is 9.97 Å². The Morgan fingerprint density at radius 3 is 1.47 bits per heavy atom. The second kappa shape index (κ2) is 7.25. The molecular formula is C24H16N2O4. The Labute approximate surface area is 171 Å². The van der Waals surface area contributed by atoms with E-state index in [2.05, 4.69) is 9.97 Å². The molecule has 6 heteroatoms. The molecule has 5 aromatic rings. The van der Waals surface area contributed by atoms with Gasteiger partial charge in [0.1, 0.15) is 23.0 Å². The molecule has 0 saturated carbocycles. The van der Waals surface area contributed by atoms with Gasteiger partial charge in [-0.15, -0.1) is 0 Å². The van der Waals surface area contributed by atoms with E-state index < -0.39 is 0 Å². The molecule has 0 fully saturated rings. The summed E-state index contributed by atoms with van der Waals surface area (Å²) in [4.78, 5) is 8.51. The van der Waals surface area contributed by atoms with Crippen molar-refractivity contribution in [3.8, 4) is 34.8 Å². The maximum absolute atomic E-state index is 9.58. The number of nitrogens with zero attached hydrogens (tertiary/aromatic N) is 2. The zero-order valence-corrected chi connectivity index (χ0v) is 15.7. The smallest absolute Gasteiger partial charge is 0.241 e. The summed E-state index contributed by atoms with van der Waals surface area (Å²) in [6.45, 7) is 0. The van der Waals surface area contributed by atoms with E-state index in [1.165, 1.54) is 12.4 Å². The predicted octanol–water partition coefficient (Wildman–Crippen LogP) is 5.78. The van der Waals surface area contributed by atoms with E-state index in [9.17, 15) is 10.2 Å². The van der Waals surface area contributed by atoms with Gasteiger partial charge in [0.2, 0.25) is 11.8 Å². The van der Waals surface area contributed by atoms with Crippen molar-refractivity contribution >= 4 is 21.5 Å². The quantitative estimate of drug-likeness (QED) is 0.401. The van der Waals surface area contributed by atoms with Crippen LogP contribution in [0.15, 0.2) is 85.2 Å². The second-order valence-electron chi connectivity index (χ2n) is 6.79. The zero-order chi connectivity index (χ0) is 20.5. The maximum Gasteiger partial charge on any atom is 0.241 e. The minimum absolute atomic E-state index is 0.220. The number of hydrogen-bond acceptors (Lipinski definition) is 6. The minimum Gasteiger partial charge on any atom is -0.508 e. The van der Waals surface area contributed by atoms with Crippen LogP contribution in [-0.2, 0) is 0 Å². The van der Waals surface area contributed by atoms with Crippen LogP contribution in [0.5, 0.6) is 34.8 Å². The number of aromatic nitrogens is 2. The van der Waals surface area contributed by atoms with E-state index in [-0.39, 0.29) is 11.5 Å². The molecule has 1 heterocycles. The molecule has 0 amide bonds. The molecule has 0 unspecified atom stereocenters. The fourth-order valence-electron chi connectivity index (χ4n) is 3.22. The second-order valence-corrected chi connectivity index (χ2v) is 6.79. The summed E-state index contributed by atoms with van der Waals surface area (Å²) in [5.74, 6) is 2.25. The van der Waals surface area contributed by atoms with Gasteiger partial charge < -0.3 is 19.7 Å². The highest BCUT2D eigenvalue weighted by atomic mass is 16.5. The maximum atomic E-state index is 9.58. The van der Waals surface area contributed by atoms with Gasteiger partial charge in [0.15, 0.2) is 0 Å². The monoisotopic (exact) mass is 396 g/mol. The fraction of sp³-hybridized carbons (Fsp3) is 0. The van der Waals surface area contributed by atoms with Crippen molar-refractivity contribution in [2.45, 2.75) is 0 Å². The average Bonchev–Trinajstić information content (AvgIpc) is 2.74. The number of ether oxygens (including phenoxy) is 2. The molecule has 1 aromatic heterocycles. The molecular weight excluding hydrogens is 380 g/mol. The van der Waals surface area contributed by atoms with Crippen molar-refractivity contribution in [1.29, 1.82) is 0 Å². The molecule has 5 rings (SSSR count). The zero-order valence-electron chi connectivity index (χ0n) is 15.7. The lowest BCUT2D eigenvalue weighted by molar-refractivity contribution is 0.422. The van der Waals surface area contributed by atoms with Crippen LogP contribution >= 0.6 is 0 Å². The first-order chi connectivity index (χ1) is 14.6. The summed E-state index contributed by atoms with van der Waals surface area (Å²) in [7, 11) is 0. The molecule has 0 spiro atoms. The van der Waals surface area contributed by atoms with Crippen molar-refractivity contribution in [3.05, 3.63) is 85.2 Å². The van der Waals surface area contributed by atoms with Crippen LogP contribution in [-0.4, -0.2) is 20.2 Å². The third kappa shape index (κ3) is 3.66. The Morgan fingerprint density at radius 2 is 0.967 bits per heavy atom. The first-order valence-corrected chi connectivity index (χ1v) is 9.26. The van der Waals surface area contributed by atoms with Crippen LogP contribution in [0.4, 0.5) is 0 Å². The number of phenolic OH excluding ortho intramolecular Hbond substituents is 2. The van der Waals surface area contributed by atoms with Crippen molar-refractivity contribution in [2.75, 3.05) is 0 Å². The summed E-state index contributed by atoms with van der Waals surface area (Å²) < 4.78 is 11.7. The highest BCUT2D eigenvalue weighted by Crippen LogP contribution is 2.29. The van der Waals surface area contributed by atoms with E-state index in [0.29, 0.717) is 23.3 Å². The van der Waals surface area contributed by atoms with Gasteiger partial charge in [-0.25, -0.2) is 0 Å². The molecule has 0 saturated heterocycles. The summed E-state index contributed by atoms with van der Waals surface area (Å²) >= 11 is 0. The molecule has 6 nitrogen and oxygen atoms in total. The summed E-state index contributed by atoms with van der Waals surface area (Å²) in [5.41, 5.74) is 0. The van der Waals surface area contributed by atoms with Gasteiger partial charge in [-0.05, 0) is 70.1 Å². The highest BCUT2D eigenvalue weighted by molar-refractivity contribution is 5.86. The van der Waals surface area contributed by atoms with Gasteiger partial charge in [-0.3, -0.25) is 4.98 Å². The van der Waals surface area contributed by atoms with Gasteiger partial charge in [0.05, 0.1) is 12.4 Å². The van der Waals surface area contributed by atoms with E-state index in [1.54, 1.807) is 36.4 Å². The van der Waals surface area contributed by atoms with Crippen LogP contribution in [0.1, 0.15) is 0 Å². The Hall–Kier alpha value is -4.32.